The van der Waals surface area contributed by atoms with Gasteiger partial charge in [-0.25, -0.2) is 4.79 Å². The smallest absolute Gasteiger partial charge is 0.323 e. The number of urea groups is 1. The zero-order valence-electron chi connectivity index (χ0n) is 11.9. The minimum Gasteiger partial charge on any atom is -0.508 e. The Balaban J connectivity index is 2.86. The Morgan fingerprint density at radius 1 is 1.20 bits per heavy atom. The molecule has 1 aromatic rings. The van der Waals surface area contributed by atoms with E-state index in [0.717, 1.165) is 4.90 Å². The summed E-state index contributed by atoms with van der Waals surface area (Å²) < 4.78 is 0. The number of hydrogen-bond donors (Lipinski definition) is 3. The third kappa shape index (κ3) is 5.17. The van der Waals surface area contributed by atoms with E-state index in [1.165, 1.54) is 24.3 Å². The first kappa shape index (κ1) is 15.8. The van der Waals surface area contributed by atoms with Crippen LogP contribution in [0.4, 0.5) is 10.5 Å². The number of rotatable bonds is 4. The molecule has 0 aromatic heterocycles. The van der Waals surface area contributed by atoms with Crippen molar-refractivity contribution < 1.29 is 19.8 Å². The van der Waals surface area contributed by atoms with Crippen LogP contribution in [0.15, 0.2) is 24.3 Å². The van der Waals surface area contributed by atoms with Gasteiger partial charge in [-0.2, -0.15) is 0 Å². The van der Waals surface area contributed by atoms with E-state index < -0.39 is 18.5 Å². The quantitative estimate of drug-likeness (QED) is 0.787. The summed E-state index contributed by atoms with van der Waals surface area (Å²) in [5.41, 5.74) is 0.316. The van der Waals surface area contributed by atoms with Gasteiger partial charge in [0.1, 0.15) is 12.3 Å². The number of hydrogen-bond acceptors (Lipinski definition) is 3. The molecule has 0 aliphatic carbocycles. The lowest BCUT2D eigenvalue weighted by Crippen LogP contribution is -2.45. The highest BCUT2D eigenvalue weighted by molar-refractivity contribution is 5.96. The van der Waals surface area contributed by atoms with Crippen LogP contribution in [-0.4, -0.2) is 35.3 Å². The molecule has 0 fully saturated rings. The lowest BCUT2D eigenvalue weighted by molar-refractivity contribution is -0.135. The van der Waals surface area contributed by atoms with Crippen molar-refractivity contribution in [1.82, 2.24) is 5.32 Å². The van der Waals surface area contributed by atoms with Crippen LogP contribution in [0.1, 0.15) is 20.8 Å². The molecule has 0 bridgehead atoms. The fraction of sp³-hybridized carbons (Fsp3) is 0.429. The standard InChI is InChI=1S/C14H20N2O4/c1-14(2,3)9-15-13(20)16(8-12(18)19)10-4-6-11(17)7-5-10/h4-7,17H,8-9H2,1-3H3,(H,15,20)(H,18,19). The van der Waals surface area contributed by atoms with E-state index in [1.54, 1.807) is 0 Å². The van der Waals surface area contributed by atoms with Crippen LogP contribution in [0.5, 0.6) is 5.75 Å². The normalized spacial score (nSPS) is 10.9. The number of benzene rings is 1. The van der Waals surface area contributed by atoms with E-state index in [0.29, 0.717) is 12.2 Å². The van der Waals surface area contributed by atoms with Crippen LogP contribution in [0.2, 0.25) is 0 Å². The molecule has 6 nitrogen and oxygen atoms in total. The van der Waals surface area contributed by atoms with Crippen LogP contribution in [0, 0.1) is 5.41 Å². The molecule has 0 radical (unpaired) electrons. The van der Waals surface area contributed by atoms with Crippen molar-refractivity contribution in [2.75, 3.05) is 18.0 Å². The number of aromatic hydroxyl groups is 1. The minimum atomic E-state index is -1.11. The average molecular weight is 280 g/mol. The largest absolute Gasteiger partial charge is 0.508 e. The molecule has 0 saturated carbocycles. The second kappa shape index (κ2) is 6.27. The van der Waals surface area contributed by atoms with Gasteiger partial charge >= 0.3 is 12.0 Å². The first-order chi connectivity index (χ1) is 9.19. The summed E-state index contributed by atoms with van der Waals surface area (Å²) in [7, 11) is 0. The minimum absolute atomic E-state index is 0.0547. The maximum atomic E-state index is 12.1. The fourth-order valence-electron chi connectivity index (χ4n) is 1.48. The molecule has 2 amide bonds. The van der Waals surface area contributed by atoms with Crippen molar-refractivity contribution in [1.29, 1.82) is 0 Å². The molecular weight excluding hydrogens is 260 g/mol. The second-order valence-electron chi connectivity index (χ2n) is 5.72. The summed E-state index contributed by atoms with van der Waals surface area (Å²) in [4.78, 5) is 24.1. The number of amides is 2. The first-order valence-corrected chi connectivity index (χ1v) is 6.25. The molecule has 6 heteroatoms. The first-order valence-electron chi connectivity index (χ1n) is 6.25. The fourth-order valence-corrected chi connectivity index (χ4v) is 1.48. The van der Waals surface area contributed by atoms with Crippen molar-refractivity contribution >= 4 is 17.7 Å². The molecule has 20 heavy (non-hydrogen) atoms. The molecule has 0 aliphatic rings. The Labute approximate surface area is 118 Å². The number of nitrogens with zero attached hydrogens (tertiary/aromatic N) is 1. The highest BCUT2D eigenvalue weighted by atomic mass is 16.4. The summed E-state index contributed by atoms with van der Waals surface area (Å²) in [5, 5.41) is 20.8. The van der Waals surface area contributed by atoms with Gasteiger partial charge in [-0.05, 0) is 29.7 Å². The van der Waals surface area contributed by atoms with Crippen molar-refractivity contribution in [2.45, 2.75) is 20.8 Å². The van der Waals surface area contributed by atoms with Gasteiger partial charge < -0.3 is 15.5 Å². The Bertz CT molecular complexity index is 477. The van der Waals surface area contributed by atoms with Gasteiger partial charge in [0.25, 0.3) is 0 Å². The van der Waals surface area contributed by atoms with E-state index in [1.807, 2.05) is 20.8 Å². The number of carbonyl (C=O) groups is 2. The highest BCUT2D eigenvalue weighted by Crippen LogP contribution is 2.19. The van der Waals surface area contributed by atoms with Crippen molar-refractivity contribution in [3.63, 3.8) is 0 Å². The highest BCUT2D eigenvalue weighted by Gasteiger charge is 2.20. The van der Waals surface area contributed by atoms with Gasteiger partial charge in [0.2, 0.25) is 0 Å². The lowest BCUT2D eigenvalue weighted by atomic mass is 9.97. The topological polar surface area (TPSA) is 89.9 Å². The van der Waals surface area contributed by atoms with Crippen LogP contribution >= 0.6 is 0 Å². The number of nitrogens with one attached hydrogen (secondary N) is 1. The van der Waals surface area contributed by atoms with E-state index in [9.17, 15) is 14.7 Å². The van der Waals surface area contributed by atoms with Gasteiger partial charge in [-0.3, -0.25) is 9.69 Å². The van der Waals surface area contributed by atoms with E-state index >= 15 is 0 Å². The van der Waals surface area contributed by atoms with Crippen LogP contribution < -0.4 is 10.2 Å². The number of carboxylic acids is 1. The number of carboxylic acid groups (broad SMARTS) is 1. The molecule has 0 aliphatic heterocycles. The van der Waals surface area contributed by atoms with E-state index in [2.05, 4.69) is 5.32 Å². The summed E-state index contributed by atoms with van der Waals surface area (Å²) in [5.74, 6) is -1.05. The number of phenolic OH excluding ortho intramolecular Hbond substituents is 1. The van der Waals surface area contributed by atoms with Gasteiger partial charge in [0, 0.05) is 12.2 Å². The van der Waals surface area contributed by atoms with Crippen molar-refractivity contribution in [3.05, 3.63) is 24.3 Å². The SMILES string of the molecule is CC(C)(C)CNC(=O)N(CC(=O)O)c1ccc(O)cc1. The van der Waals surface area contributed by atoms with Crippen molar-refractivity contribution in [3.8, 4) is 5.75 Å². The molecule has 0 saturated heterocycles. The zero-order chi connectivity index (χ0) is 15.3. The van der Waals surface area contributed by atoms with Gasteiger partial charge in [-0.15, -0.1) is 0 Å². The third-order valence-corrected chi connectivity index (χ3v) is 2.47. The number of carbonyl (C=O) groups excluding carboxylic acids is 1. The molecule has 0 spiro atoms. The molecule has 0 heterocycles. The van der Waals surface area contributed by atoms with Crippen LogP contribution in [0.25, 0.3) is 0 Å². The molecule has 110 valence electrons. The number of anilines is 1. The summed E-state index contributed by atoms with van der Waals surface area (Å²) in [6.45, 7) is 5.89. The monoisotopic (exact) mass is 280 g/mol. The van der Waals surface area contributed by atoms with E-state index in [4.69, 9.17) is 5.11 Å². The zero-order valence-corrected chi connectivity index (χ0v) is 11.9. The summed E-state index contributed by atoms with van der Waals surface area (Å²) >= 11 is 0. The van der Waals surface area contributed by atoms with E-state index in [-0.39, 0.29) is 11.2 Å². The average Bonchev–Trinajstić information content (AvgIpc) is 2.33. The molecule has 0 unspecified atom stereocenters. The number of phenols is 1. The Kier molecular flexibility index (Phi) is 4.96. The Morgan fingerprint density at radius 3 is 2.20 bits per heavy atom. The Hall–Kier alpha value is -2.24. The second-order valence-corrected chi connectivity index (χ2v) is 5.72. The maximum absolute atomic E-state index is 12.1. The molecule has 3 N–H and O–H groups in total. The predicted molar refractivity (Wildman–Crippen MR) is 75.9 cm³/mol. The molecule has 1 aromatic carbocycles. The number of aliphatic carboxylic acids is 1. The van der Waals surface area contributed by atoms with Gasteiger partial charge in [0.05, 0.1) is 0 Å². The molecule has 1 rings (SSSR count). The van der Waals surface area contributed by atoms with Crippen LogP contribution in [-0.2, 0) is 4.79 Å². The van der Waals surface area contributed by atoms with Gasteiger partial charge in [0.15, 0.2) is 0 Å². The summed E-state index contributed by atoms with van der Waals surface area (Å²) in [6, 6.07) is 5.32. The molecular formula is C14H20N2O4. The van der Waals surface area contributed by atoms with Crippen LogP contribution in [0.3, 0.4) is 0 Å². The predicted octanol–water partition coefficient (Wildman–Crippen LogP) is 2.04. The lowest BCUT2D eigenvalue weighted by Gasteiger charge is -2.25. The maximum Gasteiger partial charge on any atom is 0.323 e. The third-order valence-electron chi connectivity index (χ3n) is 2.47. The Morgan fingerprint density at radius 2 is 1.75 bits per heavy atom. The summed E-state index contributed by atoms with van der Waals surface area (Å²) in [6.07, 6.45) is 0. The molecule has 0 atom stereocenters. The van der Waals surface area contributed by atoms with Crippen molar-refractivity contribution in [2.24, 2.45) is 5.41 Å². The van der Waals surface area contributed by atoms with Gasteiger partial charge in [-0.1, -0.05) is 20.8 Å².